The normalized spacial score (nSPS) is 14.3. The van der Waals surface area contributed by atoms with Gasteiger partial charge in [-0.05, 0) is 18.6 Å². The molecule has 134 valence electrons. The first-order valence-electron chi connectivity index (χ1n) is 8.66. The molecule has 26 heavy (non-hydrogen) atoms. The maximum atomic E-state index is 12.4. The summed E-state index contributed by atoms with van der Waals surface area (Å²) in [5.74, 6) is 0.657. The average molecular weight is 352 g/mol. The minimum Gasteiger partial charge on any atom is -0.344 e. The number of H-pyrrole nitrogens is 1. The van der Waals surface area contributed by atoms with Crippen LogP contribution < -0.4 is 10.5 Å². The van der Waals surface area contributed by atoms with Gasteiger partial charge in [-0.15, -0.1) is 0 Å². The van der Waals surface area contributed by atoms with Crippen molar-refractivity contribution >= 4 is 22.9 Å². The predicted molar refractivity (Wildman–Crippen MR) is 98.6 cm³/mol. The van der Waals surface area contributed by atoms with E-state index in [1.807, 2.05) is 47.2 Å². The maximum Gasteiger partial charge on any atom is 0.263 e. The lowest BCUT2D eigenvalue weighted by molar-refractivity contribution is -0.127. The van der Waals surface area contributed by atoms with Gasteiger partial charge in [0.2, 0.25) is 11.9 Å². The van der Waals surface area contributed by atoms with E-state index in [-0.39, 0.29) is 11.5 Å². The van der Waals surface area contributed by atoms with Crippen LogP contribution in [0.5, 0.6) is 0 Å². The highest BCUT2D eigenvalue weighted by atomic mass is 16.2. The average Bonchev–Trinajstić information content (AvgIpc) is 3.26. The van der Waals surface area contributed by atoms with Crippen LogP contribution in [0.25, 0.3) is 16.7 Å². The van der Waals surface area contributed by atoms with Gasteiger partial charge in [-0.2, -0.15) is 10.1 Å². The number of amides is 1. The molecule has 1 aliphatic heterocycles. The molecule has 1 aliphatic rings. The number of aromatic nitrogens is 4. The number of hydrogen-bond acceptors (Lipinski definition) is 5. The van der Waals surface area contributed by atoms with Crippen LogP contribution in [-0.4, -0.2) is 57.2 Å². The maximum absolute atomic E-state index is 12.4. The molecule has 3 heterocycles. The Hall–Kier alpha value is -3.16. The summed E-state index contributed by atoms with van der Waals surface area (Å²) < 4.78 is 1.66. The zero-order chi connectivity index (χ0) is 18.1. The molecule has 0 atom stereocenters. The third-order valence-corrected chi connectivity index (χ3v) is 4.66. The van der Waals surface area contributed by atoms with Gasteiger partial charge in [0.25, 0.3) is 5.56 Å². The summed E-state index contributed by atoms with van der Waals surface area (Å²) in [5, 5.41) is 4.75. The minimum absolute atomic E-state index is 0.192. The molecule has 1 aromatic carbocycles. The van der Waals surface area contributed by atoms with E-state index < -0.39 is 0 Å². The van der Waals surface area contributed by atoms with E-state index >= 15 is 0 Å². The fraction of sp³-hybridized carbons (Fsp3) is 0.333. The number of carbonyl (C=O) groups is 1. The summed E-state index contributed by atoms with van der Waals surface area (Å²) in [7, 11) is 1.86. The van der Waals surface area contributed by atoms with Gasteiger partial charge in [0.05, 0.1) is 11.9 Å². The lowest BCUT2D eigenvalue weighted by atomic mass is 10.3. The highest BCUT2D eigenvalue weighted by Gasteiger charge is 2.20. The topological polar surface area (TPSA) is 87.1 Å². The van der Waals surface area contributed by atoms with Gasteiger partial charge >= 0.3 is 0 Å². The van der Waals surface area contributed by atoms with Crippen molar-refractivity contribution in [3.63, 3.8) is 0 Å². The lowest BCUT2D eigenvalue weighted by Gasteiger charge is -2.22. The van der Waals surface area contributed by atoms with Crippen molar-refractivity contribution in [2.45, 2.75) is 12.8 Å². The first-order valence-corrected chi connectivity index (χ1v) is 8.66. The number of aromatic amines is 1. The van der Waals surface area contributed by atoms with Gasteiger partial charge in [-0.25, -0.2) is 4.68 Å². The Morgan fingerprint density at radius 3 is 2.77 bits per heavy atom. The van der Waals surface area contributed by atoms with Crippen LogP contribution in [0.15, 0.2) is 41.3 Å². The number of rotatable bonds is 5. The number of likely N-dealkylation sites (N-methyl/N-ethyl adjacent to an activating group) is 1. The van der Waals surface area contributed by atoms with E-state index in [0.717, 1.165) is 18.7 Å². The third kappa shape index (κ3) is 2.94. The summed E-state index contributed by atoms with van der Waals surface area (Å²) in [4.78, 5) is 35.3. The van der Waals surface area contributed by atoms with Crippen molar-refractivity contribution in [2.24, 2.45) is 0 Å². The summed E-state index contributed by atoms with van der Waals surface area (Å²) in [6, 6.07) is 9.58. The lowest BCUT2D eigenvalue weighted by Crippen LogP contribution is -2.35. The molecule has 1 N–H and O–H groups in total. The minimum atomic E-state index is -0.226. The van der Waals surface area contributed by atoms with Crippen molar-refractivity contribution in [3.8, 4) is 5.69 Å². The molecule has 0 bridgehead atoms. The van der Waals surface area contributed by atoms with Gasteiger partial charge in [-0.3, -0.25) is 14.6 Å². The zero-order valence-electron chi connectivity index (χ0n) is 14.6. The van der Waals surface area contributed by atoms with E-state index in [2.05, 4.69) is 15.1 Å². The van der Waals surface area contributed by atoms with E-state index in [1.54, 1.807) is 4.68 Å². The van der Waals surface area contributed by atoms with Crippen LogP contribution >= 0.6 is 0 Å². The Bertz CT molecular complexity index is 994. The summed E-state index contributed by atoms with van der Waals surface area (Å²) in [5.41, 5.74) is 1.13. The molecule has 8 heteroatoms. The smallest absolute Gasteiger partial charge is 0.263 e. The largest absolute Gasteiger partial charge is 0.344 e. The van der Waals surface area contributed by atoms with Crippen LogP contribution in [0.2, 0.25) is 0 Å². The van der Waals surface area contributed by atoms with E-state index in [9.17, 15) is 9.59 Å². The second-order valence-corrected chi connectivity index (χ2v) is 6.42. The summed E-state index contributed by atoms with van der Waals surface area (Å²) >= 11 is 0. The summed E-state index contributed by atoms with van der Waals surface area (Å²) in [6.07, 6.45) is 3.07. The van der Waals surface area contributed by atoms with Gasteiger partial charge in [0, 0.05) is 33.1 Å². The molecule has 0 spiro atoms. The quantitative estimate of drug-likeness (QED) is 0.745. The van der Waals surface area contributed by atoms with Crippen molar-refractivity contribution in [2.75, 3.05) is 31.6 Å². The van der Waals surface area contributed by atoms with Crippen LogP contribution in [0, 0.1) is 0 Å². The van der Waals surface area contributed by atoms with Crippen molar-refractivity contribution < 1.29 is 4.79 Å². The highest BCUT2D eigenvalue weighted by Crippen LogP contribution is 2.16. The van der Waals surface area contributed by atoms with Crippen molar-refractivity contribution in [1.82, 2.24) is 24.6 Å². The van der Waals surface area contributed by atoms with Gasteiger partial charge in [0.15, 0.2) is 5.65 Å². The summed E-state index contributed by atoms with van der Waals surface area (Å²) in [6.45, 7) is 2.02. The number of para-hydroxylation sites is 1. The number of nitrogens with one attached hydrogen (secondary N) is 1. The Morgan fingerprint density at radius 1 is 1.23 bits per heavy atom. The van der Waals surface area contributed by atoms with Gasteiger partial charge in [-0.1, -0.05) is 18.2 Å². The molecule has 0 aliphatic carbocycles. The van der Waals surface area contributed by atoms with E-state index in [0.29, 0.717) is 36.5 Å². The Kier molecular flexibility index (Phi) is 4.16. The van der Waals surface area contributed by atoms with Crippen LogP contribution in [0.4, 0.5) is 5.95 Å². The molecule has 1 fully saturated rings. The van der Waals surface area contributed by atoms with Crippen LogP contribution in [0.3, 0.4) is 0 Å². The number of benzene rings is 1. The number of fused-ring (bicyclic) bond motifs is 1. The molecule has 0 radical (unpaired) electrons. The number of anilines is 1. The molecule has 1 amide bonds. The highest BCUT2D eigenvalue weighted by molar-refractivity contribution is 5.78. The first kappa shape index (κ1) is 16.3. The number of hydrogen-bond donors (Lipinski definition) is 1. The van der Waals surface area contributed by atoms with Crippen molar-refractivity contribution in [1.29, 1.82) is 0 Å². The monoisotopic (exact) mass is 352 g/mol. The molecule has 0 saturated carbocycles. The molecule has 1 saturated heterocycles. The van der Waals surface area contributed by atoms with Gasteiger partial charge < -0.3 is 9.80 Å². The number of nitrogens with zero attached hydrogens (tertiary/aromatic N) is 5. The van der Waals surface area contributed by atoms with Crippen LogP contribution in [-0.2, 0) is 4.79 Å². The first-order chi connectivity index (χ1) is 12.6. The fourth-order valence-electron chi connectivity index (χ4n) is 3.16. The molecule has 0 unspecified atom stereocenters. The molecule has 4 rings (SSSR count). The fourth-order valence-corrected chi connectivity index (χ4v) is 3.16. The Balaban J connectivity index is 1.63. The Labute approximate surface area is 150 Å². The van der Waals surface area contributed by atoms with Crippen LogP contribution in [0.1, 0.15) is 12.8 Å². The van der Waals surface area contributed by atoms with E-state index in [1.165, 1.54) is 6.20 Å². The standard InChI is InChI=1S/C18H20N6O2/c1-22(10-11-23-9-5-8-15(23)25)18-20-16-14(17(26)21-18)12-19-24(16)13-6-3-2-4-7-13/h2-4,6-7,12H,5,8-11H2,1H3,(H,20,21,26). The molecule has 3 aromatic rings. The molecular weight excluding hydrogens is 332 g/mol. The Morgan fingerprint density at radius 2 is 2.04 bits per heavy atom. The third-order valence-electron chi connectivity index (χ3n) is 4.66. The molecule has 2 aromatic heterocycles. The molecule has 8 nitrogen and oxygen atoms in total. The number of carbonyl (C=O) groups excluding carboxylic acids is 1. The zero-order valence-corrected chi connectivity index (χ0v) is 14.6. The SMILES string of the molecule is CN(CCN1CCCC1=O)c1nc2c(cnn2-c2ccccc2)c(=O)[nH]1. The second-order valence-electron chi connectivity index (χ2n) is 6.42. The molecular formula is C18H20N6O2. The predicted octanol–water partition coefficient (Wildman–Crippen LogP) is 1.17. The second kappa shape index (κ2) is 6.62. The number of likely N-dealkylation sites (tertiary alicyclic amines) is 1. The van der Waals surface area contributed by atoms with E-state index in [4.69, 9.17) is 0 Å². The van der Waals surface area contributed by atoms with Crippen molar-refractivity contribution in [3.05, 3.63) is 46.9 Å². The van der Waals surface area contributed by atoms with Gasteiger partial charge in [0.1, 0.15) is 5.39 Å².